The fourth-order valence-electron chi connectivity index (χ4n) is 2.86. The average molecular weight is 450 g/mol. The van der Waals surface area contributed by atoms with E-state index >= 15 is 0 Å². The Bertz CT molecular complexity index is 1170. The Morgan fingerprint density at radius 3 is 2.63 bits per heavy atom. The van der Waals surface area contributed by atoms with Gasteiger partial charge in [0.15, 0.2) is 0 Å². The predicted molar refractivity (Wildman–Crippen MR) is 116 cm³/mol. The Balaban J connectivity index is 2.02. The summed E-state index contributed by atoms with van der Waals surface area (Å²) in [4.78, 5) is 8.45. The summed E-state index contributed by atoms with van der Waals surface area (Å²) in [5.74, 6) is -0.294. The molecule has 0 atom stereocenters. The smallest absolute Gasteiger partial charge is 0.264 e. The van der Waals surface area contributed by atoms with Crippen LogP contribution in [0.25, 0.3) is 11.3 Å². The monoisotopic (exact) mass is 449 g/mol. The predicted octanol–water partition coefficient (Wildman–Crippen LogP) is 5.28. The van der Waals surface area contributed by atoms with E-state index in [1.165, 1.54) is 24.4 Å². The molecule has 0 amide bonds. The van der Waals surface area contributed by atoms with Gasteiger partial charge in [0.25, 0.3) is 10.1 Å². The molecule has 0 saturated heterocycles. The van der Waals surface area contributed by atoms with Crippen molar-refractivity contribution in [1.82, 2.24) is 9.97 Å². The van der Waals surface area contributed by atoms with Gasteiger partial charge in [0.05, 0.1) is 18.6 Å². The van der Waals surface area contributed by atoms with Crippen LogP contribution in [0.3, 0.4) is 0 Å². The molecule has 0 radical (unpaired) electrons. The third kappa shape index (κ3) is 5.53. The summed E-state index contributed by atoms with van der Waals surface area (Å²) in [7, 11) is -3.60. The van der Waals surface area contributed by atoms with Crippen molar-refractivity contribution in [3.63, 3.8) is 0 Å². The zero-order valence-electron chi connectivity index (χ0n) is 16.7. The van der Waals surface area contributed by atoms with Gasteiger partial charge in [0.1, 0.15) is 5.82 Å². The van der Waals surface area contributed by atoms with Crippen molar-refractivity contribution >= 4 is 33.1 Å². The molecule has 0 aliphatic carbocycles. The van der Waals surface area contributed by atoms with E-state index in [1.54, 1.807) is 24.5 Å². The van der Waals surface area contributed by atoms with E-state index in [2.05, 4.69) is 15.3 Å². The van der Waals surface area contributed by atoms with Crippen molar-refractivity contribution in [2.75, 3.05) is 11.6 Å². The second-order valence-corrected chi connectivity index (χ2v) is 9.14. The van der Waals surface area contributed by atoms with Crippen molar-refractivity contribution < 1.29 is 17.0 Å². The summed E-state index contributed by atoms with van der Waals surface area (Å²) in [6, 6.07) is 7.76. The molecule has 2 heterocycles. The molecular weight excluding hydrogens is 429 g/mol. The molecule has 0 fully saturated rings. The number of rotatable bonds is 7. The molecule has 30 heavy (non-hydrogen) atoms. The highest BCUT2D eigenvalue weighted by Gasteiger charge is 2.15. The fraction of sp³-hybridized carbons (Fsp3) is 0.238. The topological polar surface area (TPSA) is 81.2 Å². The maximum absolute atomic E-state index is 14.3. The highest BCUT2D eigenvalue weighted by molar-refractivity contribution is 7.85. The zero-order chi connectivity index (χ0) is 21.9. The number of benzene rings is 1. The third-order valence-corrected chi connectivity index (χ3v) is 5.14. The lowest BCUT2D eigenvalue weighted by Crippen LogP contribution is -2.06. The summed E-state index contributed by atoms with van der Waals surface area (Å²) >= 11 is 6.03. The normalized spacial score (nSPS) is 11.7. The first kappa shape index (κ1) is 22.1. The van der Waals surface area contributed by atoms with E-state index in [0.717, 1.165) is 11.8 Å². The standard InChI is InChI=1S/C21H21ClFN3O3S/c1-13(2)17-11-25-20(16-8-15(22)4-5-18(16)23)9-21(17)26-19-6-7-24-10-14(19)12-29-30(3,27)28/h4-11,13H,12H2,1-3H3,(H,24,25,26). The first-order valence-corrected chi connectivity index (χ1v) is 11.3. The minimum absolute atomic E-state index is 0.135. The molecule has 0 saturated carbocycles. The summed E-state index contributed by atoms with van der Waals surface area (Å²) in [6.45, 7) is 3.87. The van der Waals surface area contributed by atoms with Gasteiger partial charge < -0.3 is 5.32 Å². The number of anilines is 2. The van der Waals surface area contributed by atoms with Gasteiger partial charge >= 0.3 is 0 Å². The number of nitrogens with zero attached hydrogens (tertiary/aromatic N) is 2. The van der Waals surface area contributed by atoms with Crippen LogP contribution in [0.1, 0.15) is 30.9 Å². The Morgan fingerprint density at radius 1 is 1.17 bits per heavy atom. The average Bonchev–Trinajstić information content (AvgIpc) is 2.68. The van der Waals surface area contributed by atoms with E-state index in [4.69, 9.17) is 15.8 Å². The molecule has 1 N–H and O–H groups in total. The fourth-order valence-corrected chi connectivity index (χ4v) is 3.37. The molecule has 1 aromatic carbocycles. The van der Waals surface area contributed by atoms with Gasteiger partial charge in [0, 0.05) is 46.1 Å². The van der Waals surface area contributed by atoms with Gasteiger partial charge in [-0.15, -0.1) is 0 Å². The Morgan fingerprint density at radius 2 is 1.93 bits per heavy atom. The first-order chi connectivity index (χ1) is 14.1. The van der Waals surface area contributed by atoms with Crippen molar-refractivity contribution in [1.29, 1.82) is 0 Å². The van der Waals surface area contributed by atoms with Crippen LogP contribution in [0.4, 0.5) is 15.8 Å². The number of nitrogens with one attached hydrogen (secondary N) is 1. The summed E-state index contributed by atoms with van der Waals surface area (Å²) in [5, 5.41) is 3.70. The molecule has 0 spiro atoms. The van der Waals surface area contributed by atoms with Gasteiger partial charge in [-0.2, -0.15) is 8.42 Å². The van der Waals surface area contributed by atoms with E-state index in [0.29, 0.717) is 27.7 Å². The Hall–Kier alpha value is -2.55. The van der Waals surface area contributed by atoms with Crippen LogP contribution in [0.15, 0.2) is 48.9 Å². The van der Waals surface area contributed by atoms with Crippen LogP contribution in [-0.2, 0) is 20.9 Å². The maximum atomic E-state index is 14.3. The van der Waals surface area contributed by atoms with Crippen LogP contribution in [0, 0.1) is 5.82 Å². The number of pyridine rings is 2. The van der Waals surface area contributed by atoms with Gasteiger partial charge in [-0.1, -0.05) is 25.4 Å². The number of hydrogen-bond donors (Lipinski definition) is 1. The van der Waals surface area contributed by atoms with Gasteiger partial charge in [-0.25, -0.2) is 4.39 Å². The first-order valence-electron chi connectivity index (χ1n) is 9.13. The van der Waals surface area contributed by atoms with E-state index in [1.807, 2.05) is 13.8 Å². The summed E-state index contributed by atoms with van der Waals surface area (Å²) in [5.41, 5.74) is 3.51. The molecule has 3 aromatic rings. The summed E-state index contributed by atoms with van der Waals surface area (Å²) in [6.07, 6.45) is 5.79. The summed E-state index contributed by atoms with van der Waals surface area (Å²) < 4.78 is 42.0. The van der Waals surface area contributed by atoms with Gasteiger partial charge in [-0.05, 0) is 41.8 Å². The highest BCUT2D eigenvalue weighted by atomic mass is 35.5. The Kier molecular flexibility index (Phi) is 6.70. The van der Waals surface area contributed by atoms with Crippen LogP contribution in [0.2, 0.25) is 5.02 Å². The van der Waals surface area contributed by atoms with E-state index < -0.39 is 15.9 Å². The van der Waals surface area contributed by atoms with E-state index in [9.17, 15) is 12.8 Å². The highest BCUT2D eigenvalue weighted by Crippen LogP contribution is 2.33. The van der Waals surface area contributed by atoms with Crippen molar-refractivity contribution in [3.05, 3.63) is 70.9 Å². The van der Waals surface area contributed by atoms with E-state index in [-0.39, 0.29) is 18.1 Å². The molecule has 0 unspecified atom stereocenters. The lowest BCUT2D eigenvalue weighted by Gasteiger charge is -2.18. The van der Waals surface area contributed by atoms with Crippen LogP contribution < -0.4 is 5.32 Å². The molecule has 9 heteroatoms. The molecule has 158 valence electrons. The van der Waals surface area contributed by atoms with Crippen LogP contribution in [0.5, 0.6) is 0 Å². The minimum Gasteiger partial charge on any atom is -0.355 e. The van der Waals surface area contributed by atoms with Crippen LogP contribution >= 0.6 is 11.6 Å². The molecule has 0 aliphatic heterocycles. The third-order valence-electron chi connectivity index (χ3n) is 4.36. The lowest BCUT2D eigenvalue weighted by atomic mass is 10.0. The molecular formula is C21H21ClFN3O3S. The molecule has 3 rings (SSSR count). The Labute approximate surface area is 180 Å². The second-order valence-electron chi connectivity index (χ2n) is 7.06. The van der Waals surface area contributed by atoms with Gasteiger partial charge in [0.2, 0.25) is 0 Å². The lowest BCUT2D eigenvalue weighted by molar-refractivity contribution is 0.312. The molecule has 2 aromatic heterocycles. The largest absolute Gasteiger partial charge is 0.355 e. The molecule has 6 nitrogen and oxygen atoms in total. The molecule has 0 bridgehead atoms. The van der Waals surface area contributed by atoms with Crippen molar-refractivity contribution in [2.45, 2.75) is 26.4 Å². The quantitative estimate of drug-likeness (QED) is 0.494. The van der Waals surface area contributed by atoms with Crippen molar-refractivity contribution in [3.8, 4) is 11.3 Å². The SMILES string of the molecule is CC(C)c1cnc(-c2cc(Cl)ccc2F)cc1Nc1ccncc1COS(C)(=O)=O. The zero-order valence-corrected chi connectivity index (χ0v) is 18.3. The minimum atomic E-state index is -3.60. The number of halogens is 2. The van der Waals surface area contributed by atoms with Crippen LogP contribution in [-0.4, -0.2) is 24.6 Å². The number of hydrogen-bond acceptors (Lipinski definition) is 6. The second kappa shape index (κ2) is 9.07. The van der Waals surface area contributed by atoms with Gasteiger partial charge in [-0.3, -0.25) is 14.2 Å². The molecule has 0 aliphatic rings. The van der Waals surface area contributed by atoms with Crippen molar-refractivity contribution in [2.24, 2.45) is 0 Å². The maximum Gasteiger partial charge on any atom is 0.264 e. The number of aromatic nitrogens is 2.